The van der Waals surface area contributed by atoms with Crippen molar-refractivity contribution in [1.82, 2.24) is 10.2 Å². The van der Waals surface area contributed by atoms with Gasteiger partial charge in [0.25, 0.3) is 5.91 Å². The number of nitrogens with zero attached hydrogens (tertiary/aromatic N) is 2. The highest BCUT2D eigenvalue weighted by Gasteiger charge is 2.35. The number of nitrogens with one attached hydrogen (secondary N) is 1. The Labute approximate surface area is 230 Å². The second kappa shape index (κ2) is 11.1. The molecule has 0 unspecified atom stereocenters. The summed E-state index contributed by atoms with van der Waals surface area (Å²) in [6, 6.07) is 5.98. The number of benzene rings is 3. The van der Waals surface area contributed by atoms with Crippen molar-refractivity contribution in [3.05, 3.63) is 93.0 Å². The van der Waals surface area contributed by atoms with E-state index in [0.717, 1.165) is 17.0 Å². The topological polar surface area (TPSA) is 119 Å². The lowest BCUT2D eigenvalue weighted by Crippen LogP contribution is -2.46. The van der Waals surface area contributed by atoms with Gasteiger partial charge in [0.15, 0.2) is 5.75 Å². The number of fused-ring (bicyclic) bond motifs is 1. The molecular weight excluding hydrogens is 581 g/mol. The van der Waals surface area contributed by atoms with Crippen molar-refractivity contribution in [1.29, 1.82) is 0 Å². The third-order valence-electron chi connectivity index (χ3n) is 6.36. The van der Waals surface area contributed by atoms with Crippen LogP contribution in [0.15, 0.2) is 42.5 Å². The van der Waals surface area contributed by atoms with Crippen molar-refractivity contribution in [3.8, 4) is 5.75 Å². The van der Waals surface area contributed by atoms with Crippen LogP contribution in [0.1, 0.15) is 40.0 Å². The zero-order chi connectivity index (χ0) is 29.5. The molecule has 1 aliphatic rings. The number of carbonyl (C=O) groups is 2. The van der Waals surface area contributed by atoms with Crippen LogP contribution in [0, 0.1) is 23.3 Å². The number of phosphoric acid groups is 1. The molecule has 0 fully saturated rings. The summed E-state index contributed by atoms with van der Waals surface area (Å²) in [7, 11) is -3.54. The highest BCUT2D eigenvalue weighted by Crippen LogP contribution is 2.44. The summed E-state index contributed by atoms with van der Waals surface area (Å²) >= 11 is 6.19. The van der Waals surface area contributed by atoms with Gasteiger partial charge in [0.05, 0.1) is 23.3 Å². The fraction of sp³-hybridized carbons (Fsp3) is 0.200. The van der Waals surface area contributed by atoms with E-state index < -0.39 is 78.5 Å². The van der Waals surface area contributed by atoms with Gasteiger partial charge >= 0.3 is 13.9 Å². The Morgan fingerprint density at radius 1 is 1.05 bits per heavy atom. The van der Waals surface area contributed by atoms with Crippen molar-refractivity contribution < 1.29 is 46.0 Å². The SMILES string of the molecule is C[C@H]1c2ccc(C(=O)NCc3c(F)cc(F)cc3F)cc2N(Cc2c(F)ccc(OP(=O)(O)O)c2Cl)C(=O)N1C. The Bertz CT molecular complexity index is 1550. The lowest BCUT2D eigenvalue weighted by Gasteiger charge is -2.40. The van der Waals surface area contributed by atoms with Gasteiger partial charge in [0.1, 0.15) is 23.3 Å². The molecule has 0 saturated heterocycles. The molecule has 0 aliphatic carbocycles. The molecule has 3 amide bonds. The lowest BCUT2D eigenvalue weighted by atomic mass is 9.98. The normalized spacial score (nSPS) is 15.2. The predicted molar refractivity (Wildman–Crippen MR) is 136 cm³/mol. The molecule has 3 aromatic rings. The number of amides is 3. The van der Waals surface area contributed by atoms with Crippen molar-refractivity contribution in [2.24, 2.45) is 0 Å². The van der Waals surface area contributed by atoms with Crippen molar-refractivity contribution >= 4 is 37.0 Å². The number of hydrogen-bond acceptors (Lipinski definition) is 4. The molecule has 1 aliphatic heterocycles. The van der Waals surface area contributed by atoms with Crippen LogP contribution in [0.2, 0.25) is 5.02 Å². The van der Waals surface area contributed by atoms with E-state index in [1.54, 1.807) is 13.0 Å². The summed E-state index contributed by atoms with van der Waals surface area (Å²) in [6.45, 7) is 0.613. The highest BCUT2D eigenvalue weighted by molar-refractivity contribution is 7.46. The van der Waals surface area contributed by atoms with E-state index in [1.165, 1.54) is 24.1 Å². The van der Waals surface area contributed by atoms with Gasteiger partial charge in [-0.2, -0.15) is 0 Å². The van der Waals surface area contributed by atoms with Gasteiger partial charge in [-0.1, -0.05) is 17.7 Å². The summed E-state index contributed by atoms with van der Waals surface area (Å²) in [4.78, 5) is 46.8. The molecule has 4 rings (SSSR count). The molecule has 212 valence electrons. The molecule has 0 radical (unpaired) electrons. The molecule has 1 heterocycles. The first-order chi connectivity index (χ1) is 18.7. The van der Waals surface area contributed by atoms with Gasteiger partial charge in [-0.25, -0.2) is 26.9 Å². The third-order valence-corrected chi connectivity index (χ3v) is 7.21. The first-order valence-electron chi connectivity index (χ1n) is 11.5. The predicted octanol–water partition coefficient (Wildman–Crippen LogP) is 5.43. The van der Waals surface area contributed by atoms with Gasteiger partial charge in [-0.05, 0) is 36.8 Å². The third kappa shape index (κ3) is 5.92. The average Bonchev–Trinajstić information content (AvgIpc) is 2.87. The van der Waals surface area contributed by atoms with Gasteiger partial charge in [0, 0.05) is 42.4 Å². The van der Waals surface area contributed by atoms with Crippen molar-refractivity contribution in [2.75, 3.05) is 11.9 Å². The Kier molecular flexibility index (Phi) is 8.13. The maximum Gasteiger partial charge on any atom is 0.524 e. The largest absolute Gasteiger partial charge is 0.524 e. The molecule has 40 heavy (non-hydrogen) atoms. The van der Waals surface area contributed by atoms with E-state index in [4.69, 9.17) is 21.4 Å². The molecule has 1 atom stereocenters. The molecule has 3 N–H and O–H groups in total. The van der Waals surface area contributed by atoms with Crippen LogP contribution in [-0.4, -0.2) is 33.7 Å². The van der Waals surface area contributed by atoms with Crippen LogP contribution in [0.3, 0.4) is 0 Å². The van der Waals surface area contributed by atoms with Crippen molar-refractivity contribution in [2.45, 2.75) is 26.1 Å². The maximum absolute atomic E-state index is 14.8. The van der Waals surface area contributed by atoms with E-state index in [2.05, 4.69) is 9.84 Å². The maximum atomic E-state index is 14.8. The molecule has 0 spiro atoms. The fourth-order valence-electron chi connectivity index (χ4n) is 4.18. The van der Waals surface area contributed by atoms with Gasteiger partial charge < -0.3 is 14.7 Å². The summed E-state index contributed by atoms with van der Waals surface area (Å²) < 4.78 is 71.8. The first-order valence-corrected chi connectivity index (χ1v) is 13.4. The second-order valence-corrected chi connectivity index (χ2v) is 10.4. The van der Waals surface area contributed by atoms with Crippen LogP contribution in [0.25, 0.3) is 0 Å². The van der Waals surface area contributed by atoms with Crippen LogP contribution < -0.4 is 14.7 Å². The van der Waals surface area contributed by atoms with E-state index >= 15 is 0 Å². The zero-order valence-corrected chi connectivity index (χ0v) is 22.4. The van der Waals surface area contributed by atoms with E-state index in [1.807, 2.05) is 0 Å². The van der Waals surface area contributed by atoms with Crippen LogP contribution in [0.5, 0.6) is 5.75 Å². The highest BCUT2D eigenvalue weighted by atomic mass is 35.5. The van der Waals surface area contributed by atoms with Gasteiger partial charge in [0.2, 0.25) is 0 Å². The Balaban J connectivity index is 1.68. The van der Waals surface area contributed by atoms with Gasteiger partial charge in [-0.15, -0.1) is 0 Å². The molecule has 0 bridgehead atoms. The van der Waals surface area contributed by atoms with E-state index in [9.17, 15) is 31.7 Å². The smallest absolute Gasteiger partial charge is 0.403 e. The van der Waals surface area contributed by atoms with Crippen LogP contribution >= 0.6 is 19.4 Å². The number of rotatable bonds is 7. The van der Waals surface area contributed by atoms with Crippen molar-refractivity contribution in [3.63, 3.8) is 0 Å². The van der Waals surface area contributed by atoms with Crippen LogP contribution in [0.4, 0.5) is 28.0 Å². The molecule has 3 aromatic carbocycles. The number of urea groups is 1. The van der Waals surface area contributed by atoms with Gasteiger partial charge in [-0.3, -0.25) is 19.5 Å². The number of halogens is 5. The summed E-state index contributed by atoms with van der Waals surface area (Å²) in [5, 5.41) is 1.86. The minimum Gasteiger partial charge on any atom is -0.403 e. The summed E-state index contributed by atoms with van der Waals surface area (Å²) in [6.07, 6.45) is 0. The minimum atomic E-state index is -5.04. The molecule has 0 aromatic heterocycles. The number of phosphoric ester groups is 1. The Morgan fingerprint density at radius 2 is 1.70 bits per heavy atom. The Morgan fingerprint density at radius 3 is 2.33 bits per heavy atom. The quantitative estimate of drug-likeness (QED) is 0.245. The zero-order valence-electron chi connectivity index (χ0n) is 20.8. The molecule has 15 heteroatoms. The standard InChI is InChI=1S/C25H21ClF4N3O6P/c1-12-15-4-3-13(24(34)31-10-16-19(29)8-14(27)9-20(16)30)7-21(15)33(25(35)32(12)2)11-17-18(28)5-6-22(23(17)26)39-40(36,37)38/h3-9,12H,10-11H2,1-2H3,(H,31,34)(H2,36,37,38)/t12-/m0/s1. The lowest BCUT2D eigenvalue weighted by molar-refractivity contribution is 0.0950. The summed E-state index contributed by atoms with van der Waals surface area (Å²) in [5.74, 6) is -5.64. The number of anilines is 1. The second-order valence-electron chi connectivity index (χ2n) is 8.88. The average molecular weight is 602 g/mol. The number of carbonyl (C=O) groups excluding carboxylic acids is 2. The van der Waals surface area contributed by atoms with Crippen LogP contribution in [-0.2, 0) is 17.7 Å². The Hall–Kier alpha value is -3.64. The minimum absolute atomic E-state index is 0.0126. The molecule has 9 nitrogen and oxygen atoms in total. The molecule has 0 saturated carbocycles. The fourth-order valence-corrected chi connectivity index (χ4v) is 4.90. The number of hydrogen-bond donors (Lipinski definition) is 3. The molecular formula is C25H21ClF4N3O6P. The first kappa shape index (κ1) is 29.3. The monoisotopic (exact) mass is 601 g/mol. The van der Waals surface area contributed by atoms with E-state index in [-0.39, 0.29) is 16.8 Å². The van der Waals surface area contributed by atoms with E-state index in [0.29, 0.717) is 17.7 Å². The summed E-state index contributed by atoms with van der Waals surface area (Å²) in [5.41, 5.74) is -0.122.